The van der Waals surface area contributed by atoms with Gasteiger partial charge in [0.1, 0.15) is 47.3 Å². The molecule has 0 saturated heterocycles. The maximum Gasteiger partial charge on any atom is 0.186 e. The number of hydrogen-bond donors (Lipinski definition) is 2. The summed E-state index contributed by atoms with van der Waals surface area (Å²) in [5, 5.41) is 7.89. The molecule has 358 valence electrons. The number of nitrogens with one attached hydrogen (secondary N) is 2. The van der Waals surface area contributed by atoms with Gasteiger partial charge < -0.3 is 20.1 Å². The van der Waals surface area contributed by atoms with E-state index in [1.165, 1.54) is 12.7 Å². The highest BCUT2D eigenvalue weighted by molar-refractivity contribution is 7.98. The molecule has 0 amide bonds. The van der Waals surface area contributed by atoms with Crippen LogP contribution in [-0.4, -0.2) is 97.7 Å². The average Bonchev–Trinajstić information content (AvgIpc) is 3.92. The van der Waals surface area contributed by atoms with Crippen molar-refractivity contribution in [2.45, 2.75) is 75.7 Å². The van der Waals surface area contributed by atoms with Gasteiger partial charge in [-0.3, -0.25) is 4.21 Å². The molecule has 0 aliphatic heterocycles. The molecule has 1 unspecified atom stereocenters. The quantitative estimate of drug-likeness (QED) is 0.0972. The molecule has 0 aliphatic carbocycles. The first-order valence-electron chi connectivity index (χ1n) is 20.1. The van der Waals surface area contributed by atoms with Crippen molar-refractivity contribution in [3.05, 3.63) is 84.3 Å². The number of anilines is 4. The Kier molecular flexibility index (Phi) is 17.0. The van der Waals surface area contributed by atoms with Gasteiger partial charge in [-0.15, -0.1) is 22.7 Å². The molecule has 4 aromatic heterocycles. The highest BCUT2D eigenvalue weighted by Crippen LogP contribution is 2.38. The number of benzene rings is 4. The number of thioether (sulfide) groups is 1. The van der Waals surface area contributed by atoms with Crippen molar-refractivity contribution < 1.29 is 30.5 Å². The zero-order chi connectivity index (χ0) is 46.7. The molecule has 21 heteroatoms. The van der Waals surface area contributed by atoms with Crippen LogP contribution in [0.15, 0.2) is 94.1 Å². The highest BCUT2D eigenvalue weighted by Gasteiger charge is 2.34. The van der Waals surface area contributed by atoms with E-state index in [0.717, 1.165) is 43.8 Å². The van der Waals surface area contributed by atoms with E-state index in [1.807, 2.05) is 63.4 Å². The van der Waals surface area contributed by atoms with Gasteiger partial charge in [-0.25, -0.2) is 46.7 Å². The van der Waals surface area contributed by atoms with Crippen LogP contribution in [0.1, 0.15) is 56.4 Å². The largest absolute Gasteiger partial charge is 0.491 e. The molecule has 0 bridgehead atoms. The van der Waals surface area contributed by atoms with Crippen molar-refractivity contribution in [2.75, 3.05) is 47.9 Å². The predicted molar refractivity (Wildman–Crippen MR) is 281 cm³/mol. The van der Waals surface area contributed by atoms with Crippen molar-refractivity contribution >= 4 is 130 Å². The number of thiazole rings is 2. The van der Waals surface area contributed by atoms with Crippen molar-refractivity contribution in [1.29, 1.82) is 0 Å². The summed E-state index contributed by atoms with van der Waals surface area (Å²) in [5.74, 6) is 2.36. The van der Waals surface area contributed by atoms with Gasteiger partial charge in [-0.1, -0.05) is 14.9 Å². The lowest BCUT2D eigenvalue weighted by Crippen LogP contribution is -2.28. The van der Waals surface area contributed by atoms with E-state index in [-0.39, 0.29) is 32.1 Å². The Morgan fingerprint density at radius 3 is 1.66 bits per heavy atom. The molecular weight excluding hydrogens is 969 g/mol. The van der Waals surface area contributed by atoms with Crippen molar-refractivity contribution in [2.24, 2.45) is 0 Å². The highest BCUT2D eigenvalue weighted by atomic mass is 32.2. The molecule has 8 rings (SSSR count). The van der Waals surface area contributed by atoms with Gasteiger partial charge in [0.05, 0.1) is 75.3 Å². The molecule has 67 heavy (non-hydrogen) atoms. The van der Waals surface area contributed by atoms with Gasteiger partial charge in [0.2, 0.25) is 0 Å². The fourth-order valence-electron chi connectivity index (χ4n) is 6.25. The third-order valence-corrected chi connectivity index (χ3v) is 17.1. The van der Waals surface area contributed by atoms with Gasteiger partial charge in [-0.2, -0.15) is 11.8 Å². The Hall–Kier alpha value is -5.06. The van der Waals surface area contributed by atoms with Crippen LogP contribution in [0.2, 0.25) is 0 Å². The minimum absolute atomic E-state index is 0. The Balaban J connectivity index is 0.000000244. The molecule has 1 atom stereocenters. The maximum atomic E-state index is 13.4. The summed E-state index contributed by atoms with van der Waals surface area (Å²) in [4.78, 5) is 26.8. The molecule has 4 aromatic carbocycles. The van der Waals surface area contributed by atoms with Crippen molar-refractivity contribution in [3.63, 3.8) is 0 Å². The zero-order valence-corrected chi connectivity index (χ0v) is 41.8. The fraction of sp³-hybridized carbons (Fsp3) is 0.348. The second kappa shape index (κ2) is 21.5. The van der Waals surface area contributed by atoms with Crippen LogP contribution in [-0.2, 0) is 30.5 Å². The Morgan fingerprint density at radius 1 is 0.657 bits per heavy atom. The molecule has 0 spiro atoms. The molecular formula is C46H56N8O7S6. The normalized spacial score (nSPS) is 12.5. The molecule has 4 heterocycles. The first-order chi connectivity index (χ1) is 30.7. The van der Waals surface area contributed by atoms with Crippen LogP contribution < -0.4 is 20.1 Å². The van der Waals surface area contributed by atoms with Crippen molar-refractivity contribution in [1.82, 2.24) is 29.9 Å². The van der Waals surface area contributed by atoms with Gasteiger partial charge in [0.15, 0.2) is 19.7 Å². The third-order valence-electron chi connectivity index (χ3n) is 9.70. The summed E-state index contributed by atoms with van der Waals surface area (Å²) in [7, 11) is -8.29. The number of fused-ring (bicyclic) bond motifs is 4. The lowest BCUT2D eigenvalue weighted by atomic mass is 10.2. The van der Waals surface area contributed by atoms with Gasteiger partial charge in [-0.05, 0) is 96.3 Å². The predicted octanol–water partition coefficient (Wildman–Crippen LogP) is 10.9. The molecule has 15 nitrogen and oxygen atoms in total. The standard InChI is InChI=1S/C22H24N4O4S3.C22H24N4O3S3.2CH4/c1-22(2,3)32(27)20-10-15-16(11-18(20)30-7-8-33(4,28)29)23-12-24-21(15)26-14-5-6-19-17(9-14)25-13-31-19;1-22(2,3)32(27,28)20-10-15-16(11-18(20)29-7-8-30-4)23-12-24-21(15)26-14-5-6-19-17(9-14)25-13-31-19;;/h5-6,9-13H,7-8H2,1-4H3,(H,23,24,26);5-6,9-13H,7-8H2,1-4H3,(H,23,24,26);2*1H4. The van der Waals surface area contributed by atoms with E-state index in [4.69, 9.17) is 9.47 Å². The second-order valence-electron chi connectivity index (χ2n) is 16.7. The second-order valence-corrected chi connectivity index (χ2v) is 26.6. The minimum Gasteiger partial charge on any atom is -0.491 e. The third kappa shape index (κ3) is 12.5. The summed E-state index contributed by atoms with van der Waals surface area (Å²) in [6.45, 7) is 11.0. The first kappa shape index (κ1) is 52.9. The van der Waals surface area contributed by atoms with E-state index >= 15 is 0 Å². The summed E-state index contributed by atoms with van der Waals surface area (Å²) < 4.78 is 75.4. The molecule has 0 saturated carbocycles. The van der Waals surface area contributed by atoms with E-state index in [9.17, 15) is 21.0 Å². The molecule has 0 fully saturated rings. The van der Waals surface area contributed by atoms with E-state index in [2.05, 4.69) is 40.5 Å². The summed E-state index contributed by atoms with van der Waals surface area (Å²) >= 11 is 4.78. The van der Waals surface area contributed by atoms with Crippen LogP contribution in [0.4, 0.5) is 23.0 Å². The lowest BCUT2D eigenvalue weighted by molar-refractivity contribution is 0.333. The van der Waals surface area contributed by atoms with E-state index < -0.39 is 40.0 Å². The summed E-state index contributed by atoms with van der Waals surface area (Å²) in [6.07, 6.45) is 6.02. The summed E-state index contributed by atoms with van der Waals surface area (Å²) in [6, 6.07) is 18.5. The zero-order valence-electron chi connectivity index (χ0n) is 36.9. The Labute approximate surface area is 407 Å². The van der Waals surface area contributed by atoms with Gasteiger partial charge >= 0.3 is 0 Å². The van der Waals surface area contributed by atoms with Gasteiger partial charge in [0.25, 0.3) is 0 Å². The van der Waals surface area contributed by atoms with Crippen LogP contribution in [0, 0.1) is 0 Å². The molecule has 8 aromatic rings. The first-order valence-corrected chi connectivity index (χ1v) is 27.9. The number of hydrogen-bond acceptors (Lipinski definition) is 18. The van der Waals surface area contributed by atoms with Gasteiger partial charge in [0, 0.05) is 51.0 Å². The SMILES string of the molecule is C.C.CC(C)(C)S(=O)c1cc2c(Nc3ccc4scnc4c3)ncnc2cc1OCCS(C)(=O)=O.CSCCOc1cc2ncnc(Nc3ccc4scnc4c3)c2cc1S(=O)(=O)C(C)(C)C. The van der Waals surface area contributed by atoms with Crippen LogP contribution >= 0.6 is 34.4 Å². The minimum atomic E-state index is -3.67. The summed E-state index contributed by atoms with van der Waals surface area (Å²) in [5.41, 5.74) is 8.20. The Morgan fingerprint density at radius 2 is 1.16 bits per heavy atom. The number of aromatic nitrogens is 6. The van der Waals surface area contributed by atoms with E-state index in [0.29, 0.717) is 56.4 Å². The van der Waals surface area contributed by atoms with E-state index in [1.54, 1.807) is 90.5 Å². The molecule has 0 radical (unpaired) electrons. The average molecular weight is 1030 g/mol. The topological polar surface area (TPSA) is 205 Å². The number of ether oxygens (including phenoxy) is 2. The number of sulfone groups is 2. The van der Waals surface area contributed by atoms with Crippen molar-refractivity contribution in [3.8, 4) is 11.5 Å². The molecule has 0 aliphatic rings. The monoisotopic (exact) mass is 1020 g/mol. The molecule has 2 N–H and O–H groups in total. The Bertz CT molecular complexity index is 3280. The lowest BCUT2D eigenvalue weighted by Gasteiger charge is -2.22. The fourth-order valence-corrected chi connectivity index (χ4v) is 10.7. The maximum absolute atomic E-state index is 13.4. The van der Waals surface area contributed by atoms with Crippen LogP contribution in [0.3, 0.4) is 0 Å². The smallest absolute Gasteiger partial charge is 0.186 e. The van der Waals surface area contributed by atoms with Crippen LogP contribution in [0.5, 0.6) is 11.5 Å². The number of nitrogens with zero attached hydrogens (tertiary/aromatic N) is 6. The van der Waals surface area contributed by atoms with Crippen LogP contribution in [0.25, 0.3) is 42.2 Å². The number of rotatable bonds is 14.